The van der Waals surface area contributed by atoms with Gasteiger partial charge in [-0.05, 0) is 60.7 Å². The maximum absolute atomic E-state index is 11.8. The number of carbonyl (C=O) groups excluding carboxylic acids is 2. The third-order valence-electron chi connectivity index (χ3n) is 3.00. The van der Waals surface area contributed by atoms with Crippen LogP contribution in [-0.2, 0) is 9.53 Å². The van der Waals surface area contributed by atoms with E-state index in [9.17, 15) is 9.59 Å². The number of anilines is 1. The molecule has 0 spiro atoms. The fraction of sp³-hybridized carbons (Fsp3) is 0.118. The molecule has 1 amide bonds. The molecule has 0 aliphatic carbocycles. The van der Waals surface area contributed by atoms with E-state index >= 15 is 0 Å². The number of thiocarbonyl (C=S) groups is 1. The van der Waals surface area contributed by atoms with Gasteiger partial charge in [0.2, 0.25) is 0 Å². The average molecular weight is 423 g/mol. The highest BCUT2D eigenvalue weighted by Crippen LogP contribution is 2.14. The lowest BCUT2D eigenvalue weighted by Crippen LogP contribution is -2.37. The van der Waals surface area contributed by atoms with Crippen molar-refractivity contribution in [1.29, 1.82) is 0 Å². The Morgan fingerprint density at radius 2 is 1.72 bits per heavy atom. The molecule has 2 aromatic rings. The molecule has 0 unspecified atom stereocenters. The first-order chi connectivity index (χ1) is 12.0. The third-order valence-corrected chi connectivity index (χ3v) is 3.73. The van der Waals surface area contributed by atoms with Gasteiger partial charge in [-0.15, -0.1) is 0 Å². The van der Waals surface area contributed by atoms with E-state index in [1.165, 1.54) is 7.11 Å². The summed E-state index contributed by atoms with van der Waals surface area (Å²) < 4.78 is 10.9. The van der Waals surface area contributed by atoms with Crippen molar-refractivity contribution in [3.63, 3.8) is 0 Å². The van der Waals surface area contributed by atoms with Crippen LogP contribution in [0.3, 0.4) is 0 Å². The Kier molecular flexibility index (Phi) is 6.91. The second-order valence-corrected chi connectivity index (χ2v) is 6.14. The van der Waals surface area contributed by atoms with Crippen LogP contribution >= 0.6 is 28.1 Å². The summed E-state index contributed by atoms with van der Waals surface area (Å²) in [7, 11) is 1.31. The average Bonchev–Trinajstić information content (AvgIpc) is 2.61. The lowest BCUT2D eigenvalue weighted by molar-refractivity contribution is -0.121. The summed E-state index contributed by atoms with van der Waals surface area (Å²) in [4.78, 5) is 23.2. The number of hydrogen-bond donors (Lipinski definition) is 2. The van der Waals surface area contributed by atoms with E-state index in [2.05, 4.69) is 31.3 Å². The molecule has 2 aromatic carbocycles. The van der Waals surface area contributed by atoms with E-state index in [0.717, 1.165) is 10.2 Å². The number of carbonyl (C=O) groups is 2. The highest BCUT2D eigenvalue weighted by molar-refractivity contribution is 9.10. The Bertz CT molecular complexity index is 763. The van der Waals surface area contributed by atoms with Gasteiger partial charge in [-0.1, -0.05) is 15.9 Å². The molecule has 0 aromatic heterocycles. The van der Waals surface area contributed by atoms with Crippen LogP contribution in [-0.4, -0.2) is 30.7 Å². The van der Waals surface area contributed by atoms with Crippen LogP contribution in [0.5, 0.6) is 5.75 Å². The normalized spacial score (nSPS) is 9.84. The van der Waals surface area contributed by atoms with Gasteiger partial charge in [0.25, 0.3) is 5.91 Å². The minimum Gasteiger partial charge on any atom is -0.484 e. The molecular formula is C17H15BrN2O4S. The molecule has 0 atom stereocenters. The molecule has 0 aliphatic rings. The Labute approximate surface area is 158 Å². The number of methoxy groups -OCH3 is 1. The minimum absolute atomic E-state index is 0.178. The monoisotopic (exact) mass is 422 g/mol. The number of benzene rings is 2. The maximum atomic E-state index is 11.8. The zero-order valence-corrected chi connectivity index (χ0v) is 15.6. The summed E-state index contributed by atoms with van der Waals surface area (Å²) >= 11 is 8.41. The molecule has 2 N–H and O–H groups in total. The van der Waals surface area contributed by atoms with Crippen molar-refractivity contribution >= 4 is 50.8 Å². The van der Waals surface area contributed by atoms with E-state index in [1.54, 1.807) is 24.3 Å². The fourth-order valence-corrected chi connectivity index (χ4v) is 2.31. The molecule has 0 heterocycles. The van der Waals surface area contributed by atoms with Crippen molar-refractivity contribution < 1.29 is 19.1 Å². The molecule has 0 saturated heterocycles. The SMILES string of the molecule is COC(=O)c1ccc(OCC(=O)NC(=S)Nc2ccc(Br)cc2)cc1. The van der Waals surface area contributed by atoms with Gasteiger partial charge in [0.15, 0.2) is 11.7 Å². The maximum Gasteiger partial charge on any atom is 0.337 e. The second kappa shape index (κ2) is 9.14. The molecule has 25 heavy (non-hydrogen) atoms. The van der Waals surface area contributed by atoms with Gasteiger partial charge in [-0.2, -0.15) is 0 Å². The van der Waals surface area contributed by atoms with Crippen molar-refractivity contribution in [1.82, 2.24) is 5.32 Å². The van der Waals surface area contributed by atoms with E-state index in [-0.39, 0.29) is 11.7 Å². The van der Waals surface area contributed by atoms with Crippen LogP contribution in [0.4, 0.5) is 5.69 Å². The minimum atomic E-state index is -0.436. The van der Waals surface area contributed by atoms with Crippen LogP contribution in [0.15, 0.2) is 53.0 Å². The van der Waals surface area contributed by atoms with Crippen LogP contribution in [0.1, 0.15) is 10.4 Å². The van der Waals surface area contributed by atoms with E-state index in [4.69, 9.17) is 17.0 Å². The predicted molar refractivity (Wildman–Crippen MR) is 102 cm³/mol. The first-order valence-electron chi connectivity index (χ1n) is 7.15. The summed E-state index contributed by atoms with van der Waals surface area (Å²) in [5.74, 6) is -0.380. The van der Waals surface area contributed by atoms with Crippen LogP contribution < -0.4 is 15.4 Å². The van der Waals surface area contributed by atoms with E-state index < -0.39 is 11.9 Å². The molecule has 2 rings (SSSR count). The summed E-state index contributed by atoms with van der Waals surface area (Å²) in [6.07, 6.45) is 0. The molecule has 6 nitrogen and oxygen atoms in total. The molecule has 130 valence electrons. The Morgan fingerprint density at radius 1 is 1.08 bits per heavy atom. The second-order valence-electron chi connectivity index (χ2n) is 4.81. The molecule has 0 aliphatic heterocycles. The molecule has 0 bridgehead atoms. The molecule has 0 fully saturated rings. The topological polar surface area (TPSA) is 76.7 Å². The van der Waals surface area contributed by atoms with Gasteiger partial charge in [-0.3, -0.25) is 10.1 Å². The van der Waals surface area contributed by atoms with Crippen molar-refractivity contribution in [2.24, 2.45) is 0 Å². The van der Waals surface area contributed by atoms with Crippen LogP contribution in [0, 0.1) is 0 Å². The zero-order chi connectivity index (χ0) is 18.2. The highest BCUT2D eigenvalue weighted by atomic mass is 79.9. The third kappa shape index (κ3) is 6.17. The molecule has 0 radical (unpaired) electrons. The first-order valence-corrected chi connectivity index (χ1v) is 8.35. The quantitative estimate of drug-likeness (QED) is 0.569. The highest BCUT2D eigenvalue weighted by Gasteiger charge is 2.08. The van der Waals surface area contributed by atoms with Gasteiger partial charge in [0.1, 0.15) is 5.75 Å². The Balaban J connectivity index is 1.79. The smallest absolute Gasteiger partial charge is 0.337 e. The number of hydrogen-bond acceptors (Lipinski definition) is 5. The summed E-state index contributed by atoms with van der Waals surface area (Å²) in [5.41, 5.74) is 1.16. The number of amides is 1. The lowest BCUT2D eigenvalue weighted by Gasteiger charge is -2.10. The van der Waals surface area contributed by atoms with Gasteiger partial charge in [-0.25, -0.2) is 4.79 Å². The standard InChI is InChI=1S/C17H15BrN2O4S/c1-23-16(22)11-2-8-14(9-3-11)24-10-15(21)20-17(25)19-13-6-4-12(18)5-7-13/h2-9H,10H2,1H3,(H2,19,20,21,25). The van der Waals surface area contributed by atoms with Gasteiger partial charge in [0.05, 0.1) is 12.7 Å². The van der Waals surface area contributed by atoms with Gasteiger partial charge >= 0.3 is 5.97 Å². The summed E-state index contributed by atoms with van der Waals surface area (Å²) in [6.45, 7) is -0.209. The fourth-order valence-electron chi connectivity index (χ4n) is 1.81. The Hall–Kier alpha value is -2.45. The molecule has 0 saturated carbocycles. The number of ether oxygens (including phenoxy) is 2. The molecule has 8 heteroatoms. The largest absolute Gasteiger partial charge is 0.484 e. The number of esters is 1. The van der Waals surface area contributed by atoms with Crippen LogP contribution in [0.25, 0.3) is 0 Å². The van der Waals surface area contributed by atoms with E-state index in [1.807, 2.05) is 24.3 Å². The lowest BCUT2D eigenvalue weighted by atomic mass is 10.2. The number of rotatable bonds is 5. The summed E-state index contributed by atoms with van der Waals surface area (Å²) in [6, 6.07) is 13.6. The van der Waals surface area contributed by atoms with Crippen molar-refractivity contribution in [3.05, 3.63) is 58.6 Å². The zero-order valence-electron chi connectivity index (χ0n) is 13.2. The number of halogens is 1. The van der Waals surface area contributed by atoms with Crippen LogP contribution in [0.2, 0.25) is 0 Å². The van der Waals surface area contributed by atoms with Crippen molar-refractivity contribution in [2.75, 3.05) is 19.0 Å². The first kappa shape index (κ1) is 18.9. The van der Waals surface area contributed by atoms with Gasteiger partial charge < -0.3 is 14.8 Å². The van der Waals surface area contributed by atoms with Crippen molar-refractivity contribution in [2.45, 2.75) is 0 Å². The predicted octanol–water partition coefficient (Wildman–Crippen LogP) is 3.13. The van der Waals surface area contributed by atoms with E-state index in [0.29, 0.717) is 11.3 Å². The Morgan fingerprint density at radius 3 is 2.32 bits per heavy atom. The summed E-state index contributed by atoms with van der Waals surface area (Å²) in [5, 5.41) is 5.60. The molecular weight excluding hydrogens is 408 g/mol. The van der Waals surface area contributed by atoms with Gasteiger partial charge in [0, 0.05) is 10.2 Å². The number of nitrogens with one attached hydrogen (secondary N) is 2. The van der Waals surface area contributed by atoms with Crippen molar-refractivity contribution in [3.8, 4) is 5.75 Å².